The predicted molar refractivity (Wildman–Crippen MR) is 101 cm³/mol. The average Bonchev–Trinajstić information content (AvgIpc) is 3.16. The molecule has 2 aliphatic rings. The van der Waals surface area contributed by atoms with Gasteiger partial charge in [0, 0.05) is 5.92 Å². The second kappa shape index (κ2) is 11.6. The SMILES string of the molecule is CC(C)(C)[Si](C)(C)OC/C=C/[C]1[CH][CH][CH][CH]1.O=C(O)[C]1[CH][CH][CH][CH]1.[Fe+2]. The zero-order valence-electron chi connectivity index (χ0n) is 15.6. The van der Waals surface area contributed by atoms with Crippen molar-refractivity contribution in [3.05, 3.63) is 75.4 Å². The summed E-state index contributed by atoms with van der Waals surface area (Å²) in [6, 6.07) is 0. The Bertz CT molecular complexity index is 404. The van der Waals surface area contributed by atoms with Crippen molar-refractivity contribution in [2.24, 2.45) is 0 Å². The van der Waals surface area contributed by atoms with Crippen LogP contribution in [0.1, 0.15) is 20.8 Å². The Morgan fingerprint density at radius 2 is 1.56 bits per heavy atom. The van der Waals surface area contributed by atoms with Gasteiger partial charge in [-0.3, -0.25) is 4.79 Å². The van der Waals surface area contributed by atoms with Crippen molar-refractivity contribution in [1.82, 2.24) is 0 Å². The molecule has 0 aromatic rings. The molecule has 0 bridgehead atoms. The van der Waals surface area contributed by atoms with Crippen molar-refractivity contribution >= 4 is 14.3 Å². The van der Waals surface area contributed by atoms with Crippen LogP contribution in [0.25, 0.3) is 0 Å². The first-order valence-corrected chi connectivity index (χ1v) is 11.0. The van der Waals surface area contributed by atoms with Gasteiger partial charge in [0.15, 0.2) is 8.32 Å². The monoisotopic (exact) mass is 400 g/mol. The standard InChI is InChI=1S/C14H23OSi.C6H5O2.Fe/c1-14(2,3)16(4,5)15-12-8-11-13-9-6-7-10-13;7-6(8)5-3-1-2-4-5;/h6-11H,12H2,1-5H3;1-4H,(H,7,8);/q;;+2/b11-8+;;. The second-order valence-electron chi connectivity index (χ2n) is 7.17. The maximum atomic E-state index is 10.1. The number of hydrogen-bond acceptors (Lipinski definition) is 2. The Balaban J connectivity index is 0.000000540. The zero-order valence-corrected chi connectivity index (χ0v) is 17.7. The van der Waals surface area contributed by atoms with E-state index in [4.69, 9.17) is 9.53 Å². The van der Waals surface area contributed by atoms with Crippen LogP contribution in [0, 0.1) is 63.2 Å². The molecule has 136 valence electrons. The minimum Gasteiger partial charge on any atom is -0.481 e. The van der Waals surface area contributed by atoms with Gasteiger partial charge in [-0.05, 0) is 69.5 Å². The molecule has 0 saturated heterocycles. The van der Waals surface area contributed by atoms with Gasteiger partial charge in [0.25, 0.3) is 0 Å². The largest absolute Gasteiger partial charge is 2.00 e. The third kappa shape index (κ3) is 9.42. The van der Waals surface area contributed by atoms with E-state index in [0.717, 1.165) is 6.61 Å². The van der Waals surface area contributed by atoms with E-state index in [9.17, 15) is 4.79 Å². The minimum absolute atomic E-state index is 0. The normalized spacial score (nSPS) is 19.6. The summed E-state index contributed by atoms with van der Waals surface area (Å²) in [5.74, 6) is 0.735. The maximum absolute atomic E-state index is 10.1. The van der Waals surface area contributed by atoms with Gasteiger partial charge < -0.3 is 9.53 Å². The molecule has 1 N–H and O–H groups in total. The number of rotatable bonds is 5. The molecule has 2 aliphatic carbocycles. The molecule has 0 spiro atoms. The van der Waals surface area contributed by atoms with Crippen LogP contribution in [0.3, 0.4) is 0 Å². The molecule has 2 saturated carbocycles. The molecule has 0 unspecified atom stereocenters. The smallest absolute Gasteiger partial charge is 0.481 e. The Kier molecular flexibility index (Phi) is 11.5. The summed E-state index contributed by atoms with van der Waals surface area (Å²) in [7, 11) is -1.58. The fourth-order valence-corrected chi connectivity index (χ4v) is 2.62. The van der Waals surface area contributed by atoms with E-state index in [0.29, 0.717) is 11.0 Å². The summed E-state index contributed by atoms with van der Waals surface area (Å²) in [6.07, 6.45) is 19.0. The molecule has 0 heterocycles. The van der Waals surface area contributed by atoms with Gasteiger partial charge in [0.2, 0.25) is 0 Å². The van der Waals surface area contributed by atoms with Crippen molar-refractivity contribution in [3.8, 4) is 0 Å². The molecule has 10 radical (unpaired) electrons. The molecular formula is C20H28FeO3Si+2. The summed E-state index contributed by atoms with van der Waals surface area (Å²) in [5, 5.41) is 8.57. The van der Waals surface area contributed by atoms with E-state index >= 15 is 0 Å². The first-order chi connectivity index (χ1) is 11.1. The first-order valence-electron chi connectivity index (χ1n) is 8.11. The van der Waals surface area contributed by atoms with Crippen molar-refractivity contribution in [2.45, 2.75) is 38.9 Å². The molecule has 0 aliphatic heterocycles. The summed E-state index contributed by atoms with van der Waals surface area (Å²) in [5.41, 5.74) is 0. The first kappa shape index (κ1) is 24.9. The van der Waals surface area contributed by atoms with Crippen LogP contribution in [0.4, 0.5) is 0 Å². The van der Waals surface area contributed by atoms with Crippen molar-refractivity contribution in [1.29, 1.82) is 0 Å². The van der Waals surface area contributed by atoms with Crippen LogP contribution >= 0.6 is 0 Å². The number of carboxylic acid groups (broad SMARTS) is 1. The molecule has 0 aromatic heterocycles. The molecule has 3 nitrogen and oxygen atoms in total. The molecule has 25 heavy (non-hydrogen) atoms. The third-order valence-electron chi connectivity index (χ3n) is 4.25. The molecule has 5 heteroatoms. The minimum atomic E-state index is -1.58. The fourth-order valence-electron chi connectivity index (χ4n) is 1.67. The van der Waals surface area contributed by atoms with Crippen LogP contribution in [-0.4, -0.2) is 26.0 Å². The van der Waals surface area contributed by atoms with Gasteiger partial charge in [-0.2, -0.15) is 0 Å². The van der Waals surface area contributed by atoms with E-state index < -0.39 is 14.3 Å². The Morgan fingerprint density at radius 1 is 1.08 bits per heavy atom. The molecular weight excluding hydrogens is 372 g/mol. The van der Waals surface area contributed by atoms with E-state index in [2.05, 4.69) is 58.9 Å². The van der Waals surface area contributed by atoms with Gasteiger partial charge in [-0.25, -0.2) is 0 Å². The van der Waals surface area contributed by atoms with Crippen molar-refractivity contribution < 1.29 is 31.4 Å². The zero-order chi connectivity index (χ0) is 18.2. The quantitative estimate of drug-likeness (QED) is 0.694. The van der Waals surface area contributed by atoms with E-state index in [-0.39, 0.29) is 17.1 Å². The van der Waals surface area contributed by atoms with E-state index in [1.165, 1.54) is 5.92 Å². The van der Waals surface area contributed by atoms with Crippen LogP contribution in [0.15, 0.2) is 12.2 Å². The number of aliphatic carboxylic acids is 1. The number of hydrogen-bond donors (Lipinski definition) is 1. The van der Waals surface area contributed by atoms with E-state index in [1.54, 1.807) is 25.7 Å². The Labute approximate surface area is 166 Å². The summed E-state index contributed by atoms with van der Waals surface area (Å²) in [4.78, 5) is 10.1. The number of carboxylic acids is 1. The molecule has 0 amide bonds. The molecule has 2 rings (SSSR count). The third-order valence-corrected chi connectivity index (χ3v) is 8.76. The molecule has 2 fully saturated rings. The van der Waals surface area contributed by atoms with Crippen molar-refractivity contribution in [2.75, 3.05) is 6.61 Å². The summed E-state index contributed by atoms with van der Waals surface area (Å²) >= 11 is 0. The van der Waals surface area contributed by atoms with Crippen LogP contribution < -0.4 is 0 Å². The Morgan fingerprint density at radius 3 is 1.96 bits per heavy atom. The van der Waals surface area contributed by atoms with Crippen LogP contribution in [-0.2, 0) is 26.3 Å². The van der Waals surface area contributed by atoms with Gasteiger partial charge in [-0.15, -0.1) is 0 Å². The molecule has 0 atom stereocenters. The average molecular weight is 400 g/mol. The van der Waals surface area contributed by atoms with Gasteiger partial charge in [0.05, 0.1) is 12.5 Å². The fraction of sp³-hybridized carbons (Fsp3) is 0.350. The van der Waals surface area contributed by atoms with Crippen LogP contribution in [0.5, 0.6) is 0 Å². The number of carbonyl (C=O) groups is 1. The van der Waals surface area contributed by atoms with Gasteiger partial charge in [0.1, 0.15) is 0 Å². The van der Waals surface area contributed by atoms with Gasteiger partial charge >= 0.3 is 23.0 Å². The predicted octanol–water partition coefficient (Wildman–Crippen LogP) is 4.44. The van der Waals surface area contributed by atoms with E-state index in [1.807, 2.05) is 12.8 Å². The summed E-state index contributed by atoms with van der Waals surface area (Å²) in [6.45, 7) is 12.1. The van der Waals surface area contributed by atoms with Gasteiger partial charge in [-0.1, -0.05) is 32.9 Å². The van der Waals surface area contributed by atoms with Crippen LogP contribution in [0.2, 0.25) is 18.1 Å². The summed E-state index contributed by atoms with van der Waals surface area (Å²) < 4.78 is 6.04. The maximum Gasteiger partial charge on any atom is 2.00 e. The molecule has 0 aromatic carbocycles. The van der Waals surface area contributed by atoms with Crippen molar-refractivity contribution in [3.63, 3.8) is 0 Å². The number of allylic oxidation sites excluding steroid dienone is 1. The topological polar surface area (TPSA) is 46.5 Å². The second-order valence-corrected chi connectivity index (χ2v) is 12.0. The Hall–Kier alpha value is -0.0936.